The molecule has 112 valence electrons. The zero-order valence-electron chi connectivity index (χ0n) is 11.4. The van der Waals surface area contributed by atoms with Gasteiger partial charge in [0.2, 0.25) is 15.8 Å². The molecule has 0 fully saturated rings. The topological polar surface area (TPSA) is 80.5 Å². The highest BCUT2D eigenvalue weighted by Crippen LogP contribution is 2.22. The number of nitro benzene ring substituents is 1. The summed E-state index contributed by atoms with van der Waals surface area (Å²) in [4.78, 5) is 9.33. The van der Waals surface area contributed by atoms with Gasteiger partial charge in [0.1, 0.15) is 0 Å². The monoisotopic (exact) mass is 304 g/mol. The minimum Gasteiger partial charge on any atom is -0.258 e. The molecule has 8 heteroatoms. The van der Waals surface area contributed by atoms with Crippen molar-refractivity contribution in [2.75, 3.05) is 13.6 Å². The molecule has 0 spiro atoms. The van der Waals surface area contributed by atoms with Crippen LogP contribution in [0.1, 0.15) is 26.2 Å². The first-order valence-corrected chi connectivity index (χ1v) is 7.65. The fraction of sp³-hybridized carbons (Fsp3) is 0.500. The van der Waals surface area contributed by atoms with Crippen molar-refractivity contribution in [3.05, 3.63) is 34.1 Å². The van der Waals surface area contributed by atoms with Gasteiger partial charge in [0.25, 0.3) is 0 Å². The van der Waals surface area contributed by atoms with Crippen LogP contribution in [0, 0.1) is 15.9 Å². The van der Waals surface area contributed by atoms with Crippen LogP contribution in [-0.2, 0) is 10.0 Å². The number of sulfonamides is 1. The lowest BCUT2D eigenvalue weighted by Gasteiger charge is -2.16. The van der Waals surface area contributed by atoms with E-state index in [-0.39, 0.29) is 4.90 Å². The van der Waals surface area contributed by atoms with Gasteiger partial charge in [0, 0.05) is 25.7 Å². The van der Waals surface area contributed by atoms with E-state index in [4.69, 9.17) is 0 Å². The zero-order valence-corrected chi connectivity index (χ0v) is 12.2. The average Bonchev–Trinajstić information content (AvgIpc) is 2.38. The highest BCUT2D eigenvalue weighted by atomic mass is 32.2. The summed E-state index contributed by atoms with van der Waals surface area (Å²) in [5.41, 5.74) is -0.738. The second-order valence-corrected chi connectivity index (χ2v) is 6.45. The number of rotatable bonds is 7. The molecule has 1 rings (SSSR count). The largest absolute Gasteiger partial charge is 0.304 e. The van der Waals surface area contributed by atoms with E-state index in [0.29, 0.717) is 19.0 Å². The molecule has 0 aliphatic carbocycles. The van der Waals surface area contributed by atoms with Crippen molar-refractivity contribution in [2.24, 2.45) is 0 Å². The molecule has 0 heterocycles. The molecule has 1 aromatic rings. The maximum atomic E-state index is 13.5. The summed E-state index contributed by atoms with van der Waals surface area (Å²) < 4.78 is 38.9. The van der Waals surface area contributed by atoms with E-state index in [0.717, 1.165) is 29.3 Å². The maximum Gasteiger partial charge on any atom is 0.304 e. The molecule has 0 saturated heterocycles. The van der Waals surface area contributed by atoms with Crippen molar-refractivity contribution in [1.82, 2.24) is 4.31 Å². The van der Waals surface area contributed by atoms with Crippen LogP contribution in [-0.4, -0.2) is 31.2 Å². The van der Waals surface area contributed by atoms with Crippen LogP contribution in [0.15, 0.2) is 23.1 Å². The summed E-state index contributed by atoms with van der Waals surface area (Å²) in [6, 6.07) is 2.60. The lowest BCUT2D eigenvalue weighted by molar-refractivity contribution is -0.387. The first kappa shape index (κ1) is 16.5. The van der Waals surface area contributed by atoms with Gasteiger partial charge in [0.15, 0.2) is 0 Å². The van der Waals surface area contributed by atoms with Crippen molar-refractivity contribution < 1.29 is 17.7 Å². The standard InChI is InChI=1S/C12H17FN2O4S/c1-3-4-5-8-14(2)20(18,19)10-6-7-12(15(16)17)11(13)9-10/h6-7,9H,3-5,8H2,1-2H3. The van der Waals surface area contributed by atoms with Gasteiger partial charge in [0.05, 0.1) is 9.82 Å². The Morgan fingerprint density at radius 3 is 2.50 bits per heavy atom. The second kappa shape index (κ2) is 6.76. The Morgan fingerprint density at radius 1 is 1.35 bits per heavy atom. The number of hydrogen-bond acceptors (Lipinski definition) is 4. The highest BCUT2D eigenvalue weighted by molar-refractivity contribution is 7.89. The third-order valence-electron chi connectivity index (χ3n) is 2.90. The first-order chi connectivity index (χ1) is 9.30. The number of nitro groups is 1. The smallest absolute Gasteiger partial charge is 0.258 e. The van der Waals surface area contributed by atoms with Gasteiger partial charge in [-0.3, -0.25) is 10.1 Å². The Balaban J connectivity index is 2.98. The van der Waals surface area contributed by atoms with Crippen LogP contribution in [0.25, 0.3) is 0 Å². The predicted octanol–water partition coefficient (Wildman–Crippen LogP) is 2.54. The Labute approximate surface area is 117 Å². The van der Waals surface area contributed by atoms with E-state index in [2.05, 4.69) is 0 Å². The predicted molar refractivity (Wildman–Crippen MR) is 72.4 cm³/mol. The Morgan fingerprint density at radius 2 is 2.00 bits per heavy atom. The molecule has 0 N–H and O–H groups in total. The van der Waals surface area contributed by atoms with Crippen LogP contribution < -0.4 is 0 Å². The lowest BCUT2D eigenvalue weighted by atomic mass is 10.2. The summed E-state index contributed by atoms with van der Waals surface area (Å²) in [5, 5.41) is 10.5. The minimum atomic E-state index is -3.81. The molecule has 0 aliphatic rings. The van der Waals surface area contributed by atoms with E-state index in [1.165, 1.54) is 7.05 Å². The fourth-order valence-electron chi connectivity index (χ4n) is 1.68. The van der Waals surface area contributed by atoms with Crippen LogP contribution in [0.4, 0.5) is 10.1 Å². The summed E-state index contributed by atoms with van der Waals surface area (Å²) in [5.74, 6) is -1.15. The molecule has 0 aliphatic heterocycles. The summed E-state index contributed by atoms with van der Waals surface area (Å²) in [6.45, 7) is 2.33. The quantitative estimate of drug-likeness (QED) is 0.440. The molecular formula is C12H17FN2O4S. The Bertz CT molecular complexity index is 589. The number of unbranched alkanes of at least 4 members (excludes halogenated alkanes) is 2. The zero-order chi connectivity index (χ0) is 15.3. The minimum absolute atomic E-state index is 0.278. The Hall–Kier alpha value is -1.54. The van der Waals surface area contributed by atoms with Crippen molar-refractivity contribution >= 4 is 15.7 Å². The van der Waals surface area contributed by atoms with Gasteiger partial charge in [-0.15, -0.1) is 0 Å². The van der Waals surface area contributed by atoms with E-state index in [9.17, 15) is 22.9 Å². The molecule has 0 atom stereocenters. The number of hydrogen-bond donors (Lipinski definition) is 0. The van der Waals surface area contributed by atoms with Gasteiger partial charge < -0.3 is 0 Å². The number of benzene rings is 1. The van der Waals surface area contributed by atoms with E-state index >= 15 is 0 Å². The van der Waals surface area contributed by atoms with Gasteiger partial charge in [-0.05, 0) is 12.5 Å². The molecular weight excluding hydrogens is 287 g/mol. The molecule has 0 unspecified atom stereocenters. The van der Waals surface area contributed by atoms with E-state index in [1.807, 2.05) is 6.92 Å². The van der Waals surface area contributed by atoms with Crippen LogP contribution in [0.2, 0.25) is 0 Å². The Kier molecular flexibility index (Phi) is 5.58. The van der Waals surface area contributed by atoms with Crippen LogP contribution in [0.3, 0.4) is 0 Å². The lowest BCUT2D eigenvalue weighted by Crippen LogP contribution is -2.28. The molecule has 0 saturated carbocycles. The number of halogens is 1. The third kappa shape index (κ3) is 3.73. The van der Waals surface area contributed by atoms with Gasteiger partial charge in [-0.1, -0.05) is 19.8 Å². The average molecular weight is 304 g/mol. The summed E-state index contributed by atoms with van der Waals surface area (Å²) >= 11 is 0. The van der Waals surface area contributed by atoms with Crippen molar-refractivity contribution in [2.45, 2.75) is 31.1 Å². The second-order valence-electron chi connectivity index (χ2n) is 4.40. The number of nitrogens with zero attached hydrogens (tertiary/aromatic N) is 2. The van der Waals surface area contributed by atoms with Crippen molar-refractivity contribution in [3.8, 4) is 0 Å². The maximum absolute atomic E-state index is 13.5. The summed E-state index contributed by atoms with van der Waals surface area (Å²) in [7, 11) is -2.41. The molecule has 20 heavy (non-hydrogen) atoms. The molecule has 1 aromatic carbocycles. The van der Waals surface area contributed by atoms with Crippen LogP contribution >= 0.6 is 0 Å². The molecule has 0 radical (unpaired) electrons. The molecule has 0 aromatic heterocycles. The van der Waals surface area contributed by atoms with E-state index in [1.54, 1.807) is 0 Å². The normalized spacial score (nSPS) is 11.8. The third-order valence-corrected chi connectivity index (χ3v) is 4.75. The summed E-state index contributed by atoms with van der Waals surface area (Å²) in [6.07, 6.45) is 2.57. The fourth-order valence-corrected chi connectivity index (χ4v) is 2.90. The van der Waals surface area contributed by atoms with Gasteiger partial charge >= 0.3 is 5.69 Å². The van der Waals surface area contributed by atoms with Gasteiger partial charge in [-0.25, -0.2) is 12.7 Å². The van der Waals surface area contributed by atoms with Crippen LogP contribution in [0.5, 0.6) is 0 Å². The molecule has 0 amide bonds. The SMILES string of the molecule is CCCCCN(C)S(=O)(=O)c1ccc([N+](=O)[O-])c(F)c1. The highest BCUT2D eigenvalue weighted by Gasteiger charge is 2.24. The van der Waals surface area contributed by atoms with E-state index < -0.39 is 26.5 Å². The first-order valence-electron chi connectivity index (χ1n) is 6.21. The molecule has 0 bridgehead atoms. The van der Waals surface area contributed by atoms with Crippen molar-refractivity contribution in [1.29, 1.82) is 0 Å². The molecule has 6 nitrogen and oxygen atoms in total. The van der Waals surface area contributed by atoms with Gasteiger partial charge in [-0.2, -0.15) is 4.39 Å². The van der Waals surface area contributed by atoms with Crippen molar-refractivity contribution in [3.63, 3.8) is 0 Å².